The Bertz CT molecular complexity index is 835. The van der Waals surface area contributed by atoms with Gasteiger partial charge in [0.05, 0.1) is 10.5 Å². The number of hydrogen-bond acceptors (Lipinski definition) is 6. The van der Waals surface area contributed by atoms with E-state index in [1.54, 1.807) is 7.05 Å². The molecule has 136 valence electrons. The highest BCUT2D eigenvalue weighted by Gasteiger charge is 2.18. The lowest BCUT2D eigenvalue weighted by atomic mass is 10.1. The van der Waals surface area contributed by atoms with Gasteiger partial charge in [-0.15, -0.1) is 0 Å². The number of hydrogen-bond donors (Lipinski definition) is 2. The minimum absolute atomic E-state index is 0.00223. The minimum atomic E-state index is -0.804. The van der Waals surface area contributed by atoms with E-state index in [0.29, 0.717) is 6.54 Å². The summed E-state index contributed by atoms with van der Waals surface area (Å²) in [5.74, 6) is -1.26. The summed E-state index contributed by atoms with van der Waals surface area (Å²) in [7, 11) is 1.54. The summed E-state index contributed by atoms with van der Waals surface area (Å²) in [4.78, 5) is 34.3. The first kappa shape index (κ1) is 18.9. The molecule has 0 unspecified atom stereocenters. The zero-order valence-electron chi connectivity index (χ0n) is 14.4. The van der Waals surface area contributed by atoms with E-state index in [1.165, 1.54) is 12.1 Å². The van der Waals surface area contributed by atoms with Crippen LogP contribution in [0.25, 0.3) is 0 Å². The van der Waals surface area contributed by atoms with Crippen molar-refractivity contribution >= 4 is 23.3 Å². The van der Waals surface area contributed by atoms with Gasteiger partial charge in [-0.2, -0.15) is 0 Å². The number of benzene rings is 2. The number of carbonyl (C=O) groups is 2. The van der Waals surface area contributed by atoms with Crippen molar-refractivity contribution in [1.29, 1.82) is 0 Å². The maximum absolute atomic E-state index is 12.0. The lowest BCUT2D eigenvalue weighted by Crippen LogP contribution is -2.28. The Morgan fingerprint density at radius 1 is 1.19 bits per heavy atom. The van der Waals surface area contributed by atoms with Crippen molar-refractivity contribution in [3.8, 4) is 0 Å². The molecular weight excluding hydrogens is 338 g/mol. The second-order valence-electron chi connectivity index (χ2n) is 5.52. The molecule has 8 heteroatoms. The first-order chi connectivity index (χ1) is 12.4. The molecule has 0 fully saturated rings. The topological polar surface area (TPSA) is 111 Å². The lowest BCUT2D eigenvalue weighted by molar-refractivity contribution is -0.384. The highest BCUT2D eigenvalue weighted by Crippen LogP contribution is 2.25. The molecule has 1 amide bonds. The molecule has 0 atom stereocenters. The summed E-state index contributed by atoms with van der Waals surface area (Å²) in [6.07, 6.45) is 0. The van der Waals surface area contributed by atoms with Crippen LogP contribution in [0.2, 0.25) is 0 Å². The van der Waals surface area contributed by atoms with E-state index in [4.69, 9.17) is 4.74 Å². The van der Waals surface area contributed by atoms with Gasteiger partial charge in [0, 0.05) is 19.7 Å². The van der Waals surface area contributed by atoms with Crippen molar-refractivity contribution in [2.75, 3.05) is 19.0 Å². The molecule has 0 saturated carbocycles. The van der Waals surface area contributed by atoms with Gasteiger partial charge in [0.2, 0.25) is 0 Å². The molecule has 0 aliphatic carbocycles. The smallest absolute Gasteiger partial charge is 0.338 e. The number of nitrogens with one attached hydrogen (secondary N) is 2. The fraction of sp³-hybridized carbons (Fsp3) is 0.222. The fourth-order valence-corrected chi connectivity index (χ4v) is 2.29. The van der Waals surface area contributed by atoms with E-state index in [9.17, 15) is 19.7 Å². The van der Waals surface area contributed by atoms with Crippen LogP contribution in [-0.4, -0.2) is 30.5 Å². The number of carbonyl (C=O) groups excluding carboxylic acids is 2. The number of nitro groups is 1. The number of rotatable bonds is 7. The van der Waals surface area contributed by atoms with E-state index in [1.807, 2.05) is 31.2 Å². The SMILES string of the molecule is CNc1ccc(C(=O)OCC(=O)NCc2ccccc2C)cc1[N+](=O)[O-]. The molecule has 0 spiro atoms. The Hall–Kier alpha value is -3.42. The minimum Gasteiger partial charge on any atom is -0.452 e. The van der Waals surface area contributed by atoms with Gasteiger partial charge in [0.25, 0.3) is 11.6 Å². The monoisotopic (exact) mass is 357 g/mol. The molecular formula is C18H19N3O5. The Morgan fingerprint density at radius 2 is 1.92 bits per heavy atom. The molecule has 0 bridgehead atoms. The van der Waals surface area contributed by atoms with E-state index in [-0.39, 0.29) is 16.9 Å². The summed E-state index contributed by atoms with van der Waals surface area (Å²) in [6, 6.07) is 11.5. The number of nitrogens with zero attached hydrogens (tertiary/aromatic N) is 1. The summed E-state index contributed by atoms with van der Waals surface area (Å²) < 4.78 is 4.92. The van der Waals surface area contributed by atoms with Crippen LogP contribution in [0.4, 0.5) is 11.4 Å². The molecule has 2 aromatic rings. The highest BCUT2D eigenvalue weighted by molar-refractivity contribution is 5.93. The van der Waals surface area contributed by atoms with Crippen molar-refractivity contribution < 1.29 is 19.2 Å². The second kappa shape index (κ2) is 8.61. The third kappa shape index (κ3) is 4.79. The van der Waals surface area contributed by atoms with Gasteiger partial charge in [0.15, 0.2) is 6.61 Å². The van der Waals surface area contributed by atoms with Crippen LogP contribution in [0.3, 0.4) is 0 Å². The van der Waals surface area contributed by atoms with Crippen molar-refractivity contribution in [1.82, 2.24) is 5.32 Å². The van der Waals surface area contributed by atoms with Gasteiger partial charge in [-0.25, -0.2) is 4.79 Å². The average Bonchev–Trinajstić information content (AvgIpc) is 2.64. The van der Waals surface area contributed by atoms with Gasteiger partial charge in [0.1, 0.15) is 5.69 Å². The third-order valence-corrected chi connectivity index (χ3v) is 3.77. The Labute approximate surface area is 150 Å². The maximum atomic E-state index is 12.0. The van der Waals surface area contributed by atoms with Crippen molar-refractivity contribution in [2.45, 2.75) is 13.5 Å². The zero-order chi connectivity index (χ0) is 19.1. The van der Waals surface area contributed by atoms with Crippen LogP contribution < -0.4 is 10.6 Å². The van der Waals surface area contributed by atoms with Crippen LogP contribution in [-0.2, 0) is 16.1 Å². The molecule has 0 aromatic heterocycles. The molecule has 26 heavy (non-hydrogen) atoms. The molecule has 0 aliphatic heterocycles. The number of aryl methyl sites for hydroxylation is 1. The van der Waals surface area contributed by atoms with Gasteiger partial charge in [-0.1, -0.05) is 24.3 Å². The Morgan fingerprint density at radius 3 is 2.58 bits per heavy atom. The van der Waals surface area contributed by atoms with Crippen LogP contribution in [0, 0.1) is 17.0 Å². The number of esters is 1. The zero-order valence-corrected chi connectivity index (χ0v) is 14.4. The highest BCUT2D eigenvalue weighted by atomic mass is 16.6. The maximum Gasteiger partial charge on any atom is 0.338 e. The van der Waals surface area contributed by atoms with Gasteiger partial charge >= 0.3 is 5.97 Å². The summed E-state index contributed by atoms with van der Waals surface area (Å²) in [5, 5.41) is 16.4. The van der Waals surface area contributed by atoms with E-state index >= 15 is 0 Å². The predicted octanol–water partition coefficient (Wildman–Crippen LogP) is 2.42. The van der Waals surface area contributed by atoms with E-state index in [2.05, 4.69) is 10.6 Å². The molecule has 2 rings (SSSR count). The predicted molar refractivity (Wildman–Crippen MR) is 96.0 cm³/mol. The number of nitro benzene ring substituents is 1. The lowest BCUT2D eigenvalue weighted by Gasteiger charge is -2.09. The van der Waals surface area contributed by atoms with Crippen LogP contribution in [0.15, 0.2) is 42.5 Å². The normalized spacial score (nSPS) is 10.1. The molecule has 0 saturated heterocycles. The molecule has 0 radical (unpaired) electrons. The van der Waals surface area contributed by atoms with Crippen molar-refractivity contribution in [3.63, 3.8) is 0 Å². The summed E-state index contributed by atoms with van der Waals surface area (Å²) >= 11 is 0. The number of anilines is 1. The molecule has 0 heterocycles. The van der Waals surface area contributed by atoms with Crippen molar-refractivity contribution in [2.24, 2.45) is 0 Å². The van der Waals surface area contributed by atoms with Gasteiger partial charge < -0.3 is 15.4 Å². The van der Waals surface area contributed by atoms with Crippen LogP contribution >= 0.6 is 0 Å². The third-order valence-electron chi connectivity index (χ3n) is 3.77. The van der Waals surface area contributed by atoms with E-state index in [0.717, 1.165) is 17.2 Å². The van der Waals surface area contributed by atoms with E-state index < -0.39 is 23.4 Å². The fourth-order valence-electron chi connectivity index (χ4n) is 2.29. The number of ether oxygens (including phenoxy) is 1. The second-order valence-corrected chi connectivity index (χ2v) is 5.52. The molecule has 2 aromatic carbocycles. The first-order valence-corrected chi connectivity index (χ1v) is 7.87. The average molecular weight is 357 g/mol. The van der Waals surface area contributed by atoms with Gasteiger partial charge in [-0.3, -0.25) is 14.9 Å². The summed E-state index contributed by atoms with van der Waals surface area (Å²) in [5.41, 5.74) is 2.04. The van der Waals surface area contributed by atoms with Crippen LogP contribution in [0.5, 0.6) is 0 Å². The van der Waals surface area contributed by atoms with Crippen molar-refractivity contribution in [3.05, 3.63) is 69.3 Å². The first-order valence-electron chi connectivity index (χ1n) is 7.87. The standard InChI is InChI=1S/C18H19N3O5/c1-12-5-3-4-6-14(12)10-20-17(22)11-26-18(23)13-7-8-15(19-2)16(9-13)21(24)25/h3-9,19H,10-11H2,1-2H3,(H,20,22). The Kier molecular flexibility index (Phi) is 6.26. The quantitative estimate of drug-likeness (QED) is 0.447. The molecule has 2 N–H and O–H groups in total. The number of amides is 1. The van der Waals surface area contributed by atoms with Gasteiger partial charge in [-0.05, 0) is 30.2 Å². The molecule has 0 aliphatic rings. The Balaban J connectivity index is 1.92. The molecule has 8 nitrogen and oxygen atoms in total. The largest absolute Gasteiger partial charge is 0.452 e. The summed E-state index contributed by atoms with van der Waals surface area (Å²) in [6.45, 7) is 1.79. The van der Waals surface area contributed by atoms with Crippen LogP contribution in [0.1, 0.15) is 21.5 Å².